The fraction of sp³-hybridized carbons (Fsp3) is 0.125. The third-order valence-electron chi connectivity index (χ3n) is 3.32. The van der Waals surface area contributed by atoms with Gasteiger partial charge in [-0.05, 0) is 43.2 Å². The van der Waals surface area contributed by atoms with Crippen molar-refractivity contribution in [1.82, 2.24) is 9.97 Å². The van der Waals surface area contributed by atoms with E-state index in [2.05, 4.69) is 9.97 Å². The van der Waals surface area contributed by atoms with Crippen molar-refractivity contribution in [2.75, 3.05) is 0 Å². The molecule has 22 heavy (non-hydrogen) atoms. The number of aromatic amines is 1. The Morgan fingerprint density at radius 1 is 1.27 bits per heavy atom. The van der Waals surface area contributed by atoms with Crippen LogP contribution in [0, 0.1) is 13.8 Å². The molecule has 2 heterocycles. The second-order valence-electron chi connectivity index (χ2n) is 5.05. The van der Waals surface area contributed by atoms with E-state index in [4.69, 9.17) is 16.3 Å². The molecule has 5 nitrogen and oxygen atoms in total. The van der Waals surface area contributed by atoms with Gasteiger partial charge >= 0.3 is 0 Å². The number of aromatic nitrogens is 2. The number of nitrogens with zero attached hydrogens (tertiary/aromatic N) is 1. The van der Waals surface area contributed by atoms with E-state index in [9.17, 15) is 9.90 Å². The third-order valence-corrected chi connectivity index (χ3v) is 3.73. The van der Waals surface area contributed by atoms with Crippen molar-refractivity contribution in [1.29, 1.82) is 0 Å². The molecule has 2 aromatic heterocycles. The molecule has 6 heteroatoms. The number of aryl methyl sites for hydroxylation is 2. The highest BCUT2D eigenvalue weighted by Crippen LogP contribution is 2.34. The van der Waals surface area contributed by atoms with Crippen LogP contribution in [0.15, 0.2) is 35.3 Å². The van der Waals surface area contributed by atoms with Crippen LogP contribution in [0.3, 0.4) is 0 Å². The maximum absolute atomic E-state index is 12.1. The maximum Gasteiger partial charge on any atom is 0.295 e. The first-order valence-electron chi connectivity index (χ1n) is 6.61. The zero-order valence-electron chi connectivity index (χ0n) is 12.0. The van der Waals surface area contributed by atoms with E-state index in [0.717, 1.165) is 11.1 Å². The highest BCUT2D eigenvalue weighted by Gasteiger charge is 2.16. The Morgan fingerprint density at radius 2 is 2.05 bits per heavy atom. The van der Waals surface area contributed by atoms with Gasteiger partial charge in [0.05, 0.1) is 5.52 Å². The maximum atomic E-state index is 12.1. The highest BCUT2D eigenvalue weighted by molar-refractivity contribution is 6.32. The van der Waals surface area contributed by atoms with Crippen LogP contribution in [0.2, 0.25) is 5.02 Å². The number of pyridine rings is 2. The Balaban J connectivity index is 2.18. The minimum absolute atomic E-state index is 0.188. The molecule has 0 aliphatic rings. The summed E-state index contributed by atoms with van der Waals surface area (Å²) in [7, 11) is 0. The first kappa shape index (κ1) is 14.4. The number of aromatic hydroxyl groups is 1. The molecule has 0 saturated carbocycles. The van der Waals surface area contributed by atoms with Crippen LogP contribution in [0.1, 0.15) is 11.1 Å². The lowest BCUT2D eigenvalue weighted by molar-refractivity contribution is 0.401. The lowest BCUT2D eigenvalue weighted by Gasteiger charge is -2.10. The predicted molar refractivity (Wildman–Crippen MR) is 85.0 cm³/mol. The van der Waals surface area contributed by atoms with E-state index in [1.54, 1.807) is 24.4 Å². The normalized spacial score (nSPS) is 10.9. The lowest BCUT2D eigenvalue weighted by atomic mass is 10.1. The summed E-state index contributed by atoms with van der Waals surface area (Å²) in [5, 5.41) is 11.3. The van der Waals surface area contributed by atoms with Gasteiger partial charge in [-0.25, -0.2) is 4.98 Å². The number of nitrogens with one attached hydrogen (secondary N) is 1. The van der Waals surface area contributed by atoms with Crippen molar-refractivity contribution in [2.45, 2.75) is 13.8 Å². The number of hydrogen-bond acceptors (Lipinski definition) is 4. The summed E-state index contributed by atoms with van der Waals surface area (Å²) < 4.78 is 5.46. The van der Waals surface area contributed by atoms with Gasteiger partial charge in [-0.15, -0.1) is 0 Å². The number of halogens is 1. The minimum Gasteiger partial charge on any atom is -0.504 e. The zero-order chi connectivity index (χ0) is 15.9. The molecule has 0 atom stereocenters. The molecule has 2 N–H and O–H groups in total. The van der Waals surface area contributed by atoms with Gasteiger partial charge in [0.1, 0.15) is 0 Å². The molecular formula is C16H13ClN2O3. The molecule has 0 unspecified atom stereocenters. The predicted octanol–water partition coefficient (Wildman–Crippen LogP) is 3.69. The monoisotopic (exact) mass is 316 g/mol. The number of ether oxygens (including phenoxy) is 1. The van der Waals surface area contributed by atoms with Crippen molar-refractivity contribution in [3.05, 3.63) is 57.0 Å². The van der Waals surface area contributed by atoms with Crippen molar-refractivity contribution in [2.24, 2.45) is 0 Å². The molecular weight excluding hydrogens is 304 g/mol. The van der Waals surface area contributed by atoms with Crippen LogP contribution in [0.25, 0.3) is 10.9 Å². The smallest absolute Gasteiger partial charge is 0.295 e. The van der Waals surface area contributed by atoms with Gasteiger partial charge in [-0.1, -0.05) is 11.6 Å². The molecule has 0 fully saturated rings. The summed E-state index contributed by atoms with van der Waals surface area (Å²) in [6.07, 6.45) is 1.57. The van der Waals surface area contributed by atoms with Crippen molar-refractivity contribution < 1.29 is 9.84 Å². The summed E-state index contributed by atoms with van der Waals surface area (Å²) in [4.78, 5) is 18.8. The van der Waals surface area contributed by atoms with Crippen LogP contribution >= 0.6 is 11.6 Å². The van der Waals surface area contributed by atoms with E-state index in [1.165, 1.54) is 0 Å². The Labute approximate surface area is 131 Å². The molecule has 0 aliphatic heterocycles. The van der Waals surface area contributed by atoms with Gasteiger partial charge in [-0.2, -0.15) is 0 Å². The van der Waals surface area contributed by atoms with Crippen LogP contribution < -0.4 is 10.3 Å². The fourth-order valence-corrected chi connectivity index (χ4v) is 2.32. The number of H-pyrrole nitrogens is 1. The molecule has 3 rings (SSSR count). The first-order chi connectivity index (χ1) is 10.5. The van der Waals surface area contributed by atoms with Gasteiger partial charge in [0.25, 0.3) is 5.56 Å². The molecule has 1 aromatic carbocycles. The summed E-state index contributed by atoms with van der Waals surface area (Å²) >= 11 is 6.03. The second kappa shape index (κ2) is 5.35. The molecule has 0 spiro atoms. The molecule has 0 aliphatic carbocycles. The van der Waals surface area contributed by atoms with Crippen LogP contribution in [0.4, 0.5) is 0 Å². The van der Waals surface area contributed by atoms with E-state index in [0.29, 0.717) is 15.9 Å². The van der Waals surface area contributed by atoms with E-state index in [-0.39, 0.29) is 17.4 Å². The quantitative estimate of drug-likeness (QED) is 0.756. The van der Waals surface area contributed by atoms with Crippen LogP contribution in [-0.4, -0.2) is 15.1 Å². The topological polar surface area (TPSA) is 75.2 Å². The number of hydrogen-bond donors (Lipinski definition) is 2. The summed E-state index contributed by atoms with van der Waals surface area (Å²) in [6, 6.07) is 6.78. The first-order valence-corrected chi connectivity index (χ1v) is 6.99. The molecule has 0 amide bonds. The minimum atomic E-state index is -0.548. The third kappa shape index (κ3) is 2.51. The van der Waals surface area contributed by atoms with E-state index in [1.807, 2.05) is 19.9 Å². The second-order valence-corrected chi connectivity index (χ2v) is 5.46. The molecule has 0 saturated heterocycles. The Hall–Kier alpha value is -2.53. The zero-order valence-corrected chi connectivity index (χ0v) is 12.7. The Bertz CT molecular complexity index is 935. The Kier molecular flexibility index (Phi) is 3.50. The standard InChI is InChI=1S/C16H13ClN2O3/c1-8-3-4-18-13(5-8)22-15-14(20)10-6-9(2)11(17)7-12(10)19-16(15)21/h3-7H,1-2H3,(H2,19,20,21). The largest absolute Gasteiger partial charge is 0.504 e. The summed E-state index contributed by atoms with van der Waals surface area (Å²) in [6.45, 7) is 3.69. The van der Waals surface area contributed by atoms with Gasteiger partial charge in [0.2, 0.25) is 11.6 Å². The van der Waals surface area contributed by atoms with Crippen molar-refractivity contribution in [3.63, 3.8) is 0 Å². The molecule has 3 aromatic rings. The SMILES string of the molecule is Cc1ccnc(Oc2c(O)c3cc(C)c(Cl)cc3[nH]c2=O)c1. The summed E-state index contributed by atoms with van der Waals surface area (Å²) in [5.41, 5.74) is 1.62. The van der Waals surface area contributed by atoms with Crippen molar-refractivity contribution >= 4 is 22.5 Å². The van der Waals surface area contributed by atoms with Gasteiger partial charge in [0, 0.05) is 22.7 Å². The van der Waals surface area contributed by atoms with Crippen LogP contribution in [0.5, 0.6) is 17.4 Å². The van der Waals surface area contributed by atoms with Gasteiger partial charge < -0.3 is 14.8 Å². The number of rotatable bonds is 2. The van der Waals surface area contributed by atoms with E-state index >= 15 is 0 Å². The molecule has 0 bridgehead atoms. The van der Waals surface area contributed by atoms with Crippen LogP contribution in [-0.2, 0) is 0 Å². The van der Waals surface area contributed by atoms with Crippen molar-refractivity contribution in [3.8, 4) is 17.4 Å². The summed E-state index contributed by atoms with van der Waals surface area (Å²) in [5.74, 6) is -0.181. The van der Waals surface area contributed by atoms with Gasteiger partial charge in [0.15, 0.2) is 5.75 Å². The highest BCUT2D eigenvalue weighted by atomic mass is 35.5. The fourth-order valence-electron chi connectivity index (χ4n) is 2.15. The molecule has 112 valence electrons. The number of fused-ring (bicyclic) bond motifs is 1. The Morgan fingerprint density at radius 3 is 2.77 bits per heavy atom. The lowest BCUT2D eigenvalue weighted by Crippen LogP contribution is -2.09. The average molecular weight is 317 g/mol. The molecule has 0 radical (unpaired) electrons. The van der Waals surface area contributed by atoms with E-state index < -0.39 is 5.56 Å². The van der Waals surface area contributed by atoms with Gasteiger partial charge in [-0.3, -0.25) is 4.79 Å². The average Bonchev–Trinajstić information content (AvgIpc) is 2.46. The number of benzene rings is 1.